The number of hydrogen-bond acceptors (Lipinski definition) is 2. The number of benzene rings is 2. The Balaban J connectivity index is 2.28. The molecule has 1 nitrogen and oxygen atoms in total. The largest absolute Gasteiger partial charge is 0.389 e. The van der Waals surface area contributed by atoms with Gasteiger partial charge in [-0.3, -0.25) is 0 Å². The SMILES string of the molecule is Cc1ccc(Sc2ccc([C@@H](C)O)cc2Cl)c(C)c1. The van der Waals surface area contributed by atoms with E-state index < -0.39 is 6.10 Å². The summed E-state index contributed by atoms with van der Waals surface area (Å²) in [6.45, 7) is 5.93. The molecule has 0 spiro atoms. The van der Waals surface area contributed by atoms with Gasteiger partial charge in [0.15, 0.2) is 0 Å². The van der Waals surface area contributed by atoms with Crippen molar-refractivity contribution in [1.82, 2.24) is 0 Å². The number of aliphatic hydroxyl groups is 1. The summed E-state index contributed by atoms with van der Waals surface area (Å²) >= 11 is 7.93. The van der Waals surface area contributed by atoms with Crippen molar-refractivity contribution in [2.45, 2.75) is 36.7 Å². The maximum absolute atomic E-state index is 9.54. The Bertz CT molecular complexity index is 593. The molecule has 0 saturated heterocycles. The number of halogens is 1. The van der Waals surface area contributed by atoms with Gasteiger partial charge in [-0.15, -0.1) is 0 Å². The van der Waals surface area contributed by atoms with E-state index in [-0.39, 0.29) is 0 Å². The highest BCUT2D eigenvalue weighted by Gasteiger charge is 2.08. The van der Waals surface area contributed by atoms with Gasteiger partial charge in [0.25, 0.3) is 0 Å². The van der Waals surface area contributed by atoms with Crippen LogP contribution in [0.15, 0.2) is 46.2 Å². The van der Waals surface area contributed by atoms with Crippen LogP contribution in [0.1, 0.15) is 29.7 Å². The van der Waals surface area contributed by atoms with Gasteiger partial charge in [0.05, 0.1) is 11.1 Å². The monoisotopic (exact) mass is 292 g/mol. The second-order valence-corrected chi connectivity index (χ2v) is 6.23. The van der Waals surface area contributed by atoms with Gasteiger partial charge in [0, 0.05) is 9.79 Å². The van der Waals surface area contributed by atoms with E-state index in [9.17, 15) is 5.11 Å². The zero-order valence-electron chi connectivity index (χ0n) is 11.3. The lowest BCUT2D eigenvalue weighted by atomic mass is 10.1. The summed E-state index contributed by atoms with van der Waals surface area (Å²) in [5.74, 6) is 0. The molecule has 0 aliphatic rings. The second kappa shape index (κ2) is 6.00. The van der Waals surface area contributed by atoms with E-state index in [2.05, 4.69) is 32.0 Å². The van der Waals surface area contributed by atoms with Crippen molar-refractivity contribution in [1.29, 1.82) is 0 Å². The summed E-state index contributed by atoms with van der Waals surface area (Å²) in [5.41, 5.74) is 3.35. The third-order valence-electron chi connectivity index (χ3n) is 2.99. The van der Waals surface area contributed by atoms with Gasteiger partial charge < -0.3 is 5.11 Å². The summed E-state index contributed by atoms with van der Waals surface area (Å²) < 4.78 is 0. The van der Waals surface area contributed by atoms with Gasteiger partial charge in [0.2, 0.25) is 0 Å². The normalized spacial score (nSPS) is 12.5. The molecule has 3 heteroatoms. The van der Waals surface area contributed by atoms with Crippen molar-refractivity contribution in [2.75, 3.05) is 0 Å². The van der Waals surface area contributed by atoms with Crippen molar-refractivity contribution in [3.8, 4) is 0 Å². The summed E-state index contributed by atoms with van der Waals surface area (Å²) in [6.07, 6.45) is -0.488. The molecule has 100 valence electrons. The van der Waals surface area contributed by atoms with Gasteiger partial charge in [-0.05, 0) is 50.1 Å². The molecule has 2 aromatic rings. The number of hydrogen-bond donors (Lipinski definition) is 1. The summed E-state index contributed by atoms with van der Waals surface area (Å²) in [7, 11) is 0. The van der Waals surface area contributed by atoms with Crippen molar-refractivity contribution >= 4 is 23.4 Å². The Morgan fingerprint density at radius 1 is 1.05 bits per heavy atom. The Morgan fingerprint density at radius 2 is 1.74 bits per heavy atom. The fraction of sp³-hybridized carbons (Fsp3) is 0.250. The van der Waals surface area contributed by atoms with Crippen LogP contribution in [0, 0.1) is 13.8 Å². The van der Waals surface area contributed by atoms with Crippen LogP contribution in [-0.4, -0.2) is 5.11 Å². The predicted molar refractivity (Wildman–Crippen MR) is 82.1 cm³/mol. The summed E-state index contributed by atoms with van der Waals surface area (Å²) in [6, 6.07) is 12.1. The molecular weight excluding hydrogens is 276 g/mol. The molecule has 0 heterocycles. The lowest BCUT2D eigenvalue weighted by molar-refractivity contribution is 0.199. The lowest BCUT2D eigenvalue weighted by Crippen LogP contribution is -1.91. The molecule has 0 aromatic heterocycles. The van der Waals surface area contributed by atoms with E-state index in [0.29, 0.717) is 5.02 Å². The Morgan fingerprint density at radius 3 is 2.32 bits per heavy atom. The lowest BCUT2D eigenvalue weighted by Gasteiger charge is -2.10. The smallest absolute Gasteiger partial charge is 0.0762 e. The topological polar surface area (TPSA) is 20.2 Å². The minimum Gasteiger partial charge on any atom is -0.389 e. The highest BCUT2D eigenvalue weighted by atomic mass is 35.5. The van der Waals surface area contributed by atoms with Gasteiger partial charge in [-0.2, -0.15) is 0 Å². The molecule has 0 fully saturated rings. The fourth-order valence-electron chi connectivity index (χ4n) is 1.89. The summed E-state index contributed by atoms with van der Waals surface area (Å²) in [4.78, 5) is 2.22. The Labute approximate surface area is 123 Å². The van der Waals surface area contributed by atoms with Crippen molar-refractivity contribution in [3.63, 3.8) is 0 Å². The van der Waals surface area contributed by atoms with Crippen LogP contribution in [0.4, 0.5) is 0 Å². The molecule has 0 amide bonds. The summed E-state index contributed by atoms with van der Waals surface area (Å²) in [5, 5.41) is 10.2. The van der Waals surface area contributed by atoms with Gasteiger partial charge in [-0.1, -0.05) is 47.1 Å². The third-order valence-corrected chi connectivity index (χ3v) is 4.67. The average molecular weight is 293 g/mol. The van der Waals surface area contributed by atoms with Crippen LogP contribution in [-0.2, 0) is 0 Å². The molecule has 0 bridgehead atoms. The Kier molecular flexibility index (Phi) is 4.56. The molecule has 2 aromatic carbocycles. The fourth-order valence-corrected chi connectivity index (χ4v) is 3.08. The molecule has 0 unspecified atom stereocenters. The van der Waals surface area contributed by atoms with Gasteiger partial charge in [0.1, 0.15) is 0 Å². The first kappa shape index (κ1) is 14.4. The zero-order chi connectivity index (χ0) is 14.0. The minimum atomic E-state index is -0.488. The first-order valence-electron chi connectivity index (χ1n) is 6.20. The highest BCUT2D eigenvalue weighted by Crippen LogP contribution is 2.36. The van der Waals surface area contributed by atoms with Gasteiger partial charge in [-0.25, -0.2) is 0 Å². The number of aliphatic hydroxyl groups excluding tert-OH is 1. The highest BCUT2D eigenvalue weighted by molar-refractivity contribution is 7.99. The predicted octanol–water partition coefficient (Wildman–Crippen LogP) is 5.16. The molecule has 2 rings (SSSR count). The standard InChI is InChI=1S/C16H17ClOS/c1-10-4-6-15(11(2)8-10)19-16-7-5-13(12(3)18)9-14(16)17/h4-9,12,18H,1-3H3/t12-/m1/s1. The minimum absolute atomic E-state index is 0.488. The van der Waals surface area contributed by atoms with Crippen molar-refractivity contribution in [2.24, 2.45) is 0 Å². The molecule has 1 atom stereocenters. The molecule has 0 radical (unpaired) electrons. The molecule has 0 saturated carbocycles. The maximum Gasteiger partial charge on any atom is 0.0762 e. The van der Waals surface area contributed by atoms with E-state index >= 15 is 0 Å². The van der Waals surface area contributed by atoms with Crippen LogP contribution >= 0.6 is 23.4 Å². The quantitative estimate of drug-likeness (QED) is 0.843. The second-order valence-electron chi connectivity index (χ2n) is 4.74. The average Bonchev–Trinajstić information content (AvgIpc) is 2.34. The van der Waals surface area contributed by atoms with Crippen LogP contribution in [0.2, 0.25) is 5.02 Å². The van der Waals surface area contributed by atoms with Crippen LogP contribution in [0.5, 0.6) is 0 Å². The van der Waals surface area contributed by atoms with Crippen LogP contribution in [0.3, 0.4) is 0 Å². The zero-order valence-corrected chi connectivity index (χ0v) is 12.8. The number of rotatable bonds is 3. The van der Waals surface area contributed by atoms with E-state index in [1.807, 2.05) is 18.2 Å². The molecule has 0 aliphatic carbocycles. The van der Waals surface area contributed by atoms with E-state index in [1.54, 1.807) is 18.7 Å². The molecule has 0 aliphatic heterocycles. The Hall–Kier alpha value is -0.960. The third kappa shape index (κ3) is 3.53. The first-order valence-corrected chi connectivity index (χ1v) is 7.39. The van der Waals surface area contributed by atoms with E-state index in [1.165, 1.54) is 16.0 Å². The molecule has 19 heavy (non-hydrogen) atoms. The molecule has 1 N–H and O–H groups in total. The molecular formula is C16H17ClOS. The van der Waals surface area contributed by atoms with Crippen molar-refractivity contribution < 1.29 is 5.11 Å². The van der Waals surface area contributed by atoms with Crippen LogP contribution < -0.4 is 0 Å². The van der Waals surface area contributed by atoms with Crippen LogP contribution in [0.25, 0.3) is 0 Å². The van der Waals surface area contributed by atoms with Crippen molar-refractivity contribution in [3.05, 3.63) is 58.1 Å². The van der Waals surface area contributed by atoms with E-state index in [4.69, 9.17) is 11.6 Å². The van der Waals surface area contributed by atoms with Gasteiger partial charge >= 0.3 is 0 Å². The first-order chi connectivity index (χ1) is 8.97. The van der Waals surface area contributed by atoms with E-state index in [0.717, 1.165) is 10.5 Å². The maximum atomic E-state index is 9.54. The number of aryl methyl sites for hydroxylation is 2.